The van der Waals surface area contributed by atoms with Gasteiger partial charge in [0.15, 0.2) is 0 Å². The molecule has 2 aromatic rings. The molecule has 23 heavy (non-hydrogen) atoms. The number of hydrogen-bond acceptors (Lipinski definition) is 3. The molecule has 0 radical (unpaired) electrons. The van der Waals surface area contributed by atoms with Gasteiger partial charge in [-0.05, 0) is 30.5 Å². The number of hydrogen-bond donors (Lipinski definition) is 1. The maximum atomic E-state index is 11.6. The van der Waals surface area contributed by atoms with Crippen LogP contribution in [0.1, 0.15) is 23.1 Å². The van der Waals surface area contributed by atoms with E-state index in [9.17, 15) is 4.79 Å². The maximum Gasteiger partial charge on any atom is 0.407 e. The molecule has 0 atom stereocenters. The molecule has 1 N–H and O–H groups in total. The van der Waals surface area contributed by atoms with E-state index in [4.69, 9.17) is 16.3 Å². The van der Waals surface area contributed by atoms with Crippen molar-refractivity contribution >= 4 is 23.8 Å². The summed E-state index contributed by atoms with van der Waals surface area (Å²) in [7, 11) is 0. The van der Waals surface area contributed by atoms with Gasteiger partial charge in [-0.1, -0.05) is 54.1 Å². The highest BCUT2D eigenvalue weighted by Gasteiger charge is 2.02. The number of nitrogens with one attached hydrogen (secondary N) is 1. The summed E-state index contributed by atoms with van der Waals surface area (Å²) in [6, 6.07) is 11.5. The minimum absolute atomic E-state index is 0.271. The fraction of sp³-hybridized carbons (Fsp3) is 0.222. The molecule has 2 rings (SSSR count). The summed E-state index contributed by atoms with van der Waals surface area (Å²) in [4.78, 5) is 15.6. The maximum absolute atomic E-state index is 11.6. The number of aryl methyl sites for hydroxylation is 1. The summed E-state index contributed by atoms with van der Waals surface area (Å²) in [5.74, 6) is 0. The van der Waals surface area contributed by atoms with E-state index in [-0.39, 0.29) is 6.61 Å². The van der Waals surface area contributed by atoms with Gasteiger partial charge < -0.3 is 10.1 Å². The van der Waals surface area contributed by atoms with Gasteiger partial charge in [0.05, 0.1) is 0 Å². The lowest BCUT2D eigenvalue weighted by atomic mass is 10.1. The molecule has 0 aliphatic heterocycles. The summed E-state index contributed by atoms with van der Waals surface area (Å²) < 4.78 is 5.13. The molecule has 0 fully saturated rings. The minimum Gasteiger partial charge on any atom is -0.445 e. The van der Waals surface area contributed by atoms with Crippen molar-refractivity contribution in [3.63, 3.8) is 0 Å². The molecule has 120 valence electrons. The first kappa shape index (κ1) is 17.0. The fourth-order valence-corrected chi connectivity index (χ4v) is 2.24. The Bertz CT molecular complexity index is 652. The summed E-state index contributed by atoms with van der Waals surface area (Å²) in [6.07, 6.45) is 5.82. The first-order valence-electron chi connectivity index (χ1n) is 7.39. The number of ether oxygens (including phenoxy) is 1. The van der Waals surface area contributed by atoms with E-state index in [1.54, 1.807) is 6.20 Å². The fourth-order valence-electron chi connectivity index (χ4n) is 1.97. The van der Waals surface area contributed by atoms with Crippen molar-refractivity contribution < 1.29 is 9.53 Å². The molecule has 1 amide bonds. The molecule has 0 unspecified atom stereocenters. The lowest BCUT2D eigenvalue weighted by Crippen LogP contribution is -2.24. The highest BCUT2D eigenvalue weighted by atomic mass is 35.5. The number of alkyl carbamates (subject to hydrolysis) is 1. The number of halogens is 1. The highest BCUT2D eigenvalue weighted by Crippen LogP contribution is 2.18. The number of rotatable bonds is 6. The average molecular weight is 331 g/mol. The van der Waals surface area contributed by atoms with Crippen molar-refractivity contribution in [1.82, 2.24) is 10.3 Å². The highest BCUT2D eigenvalue weighted by molar-refractivity contribution is 6.30. The quantitative estimate of drug-likeness (QED) is 0.632. The third-order valence-corrected chi connectivity index (χ3v) is 3.54. The topological polar surface area (TPSA) is 51.2 Å². The van der Waals surface area contributed by atoms with Crippen molar-refractivity contribution in [1.29, 1.82) is 0 Å². The van der Waals surface area contributed by atoms with Crippen molar-refractivity contribution in [2.24, 2.45) is 0 Å². The van der Waals surface area contributed by atoms with Crippen LogP contribution in [-0.4, -0.2) is 17.6 Å². The molecule has 1 aromatic heterocycles. The molecule has 0 aliphatic carbocycles. The van der Waals surface area contributed by atoms with E-state index in [0.717, 1.165) is 16.7 Å². The van der Waals surface area contributed by atoms with Crippen molar-refractivity contribution in [2.45, 2.75) is 20.0 Å². The van der Waals surface area contributed by atoms with Gasteiger partial charge in [0.25, 0.3) is 0 Å². The smallest absolute Gasteiger partial charge is 0.407 e. The number of carbonyl (C=O) groups is 1. The molecule has 4 nitrogen and oxygen atoms in total. The molecule has 1 heterocycles. The van der Waals surface area contributed by atoms with E-state index in [0.29, 0.717) is 18.1 Å². The Labute approximate surface area is 141 Å². The molecule has 5 heteroatoms. The molecular formula is C18H19ClN2O2. The summed E-state index contributed by atoms with van der Waals surface area (Å²) >= 11 is 6.04. The molecular weight excluding hydrogens is 312 g/mol. The number of amides is 1. The van der Waals surface area contributed by atoms with Gasteiger partial charge in [-0.3, -0.25) is 0 Å². The van der Waals surface area contributed by atoms with Gasteiger partial charge in [-0.15, -0.1) is 0 Å². The Morgan fingerprint density at radius 3 is 2.83 bits per heavy atom. The van der Waals surface area contributed by atoms with Crippen LogP contribution in [0, 0.1) is 6.92 Å². The van der Waals surface area contributed by atoms with Crippen LogP contribution in [0.15, 0.2) is 48.7 Å². The Morgan fingerprint density at radius 2 is 2.09 bits per heavy atom. The van der Waals surface area contributed by atoms with Crippen LogP contribution >= 0.6 is 11.6 Å². The van der Waals surface area contributed by atoms with Crippen molar-refractivity contribution in [3.05, 3.63) is 70.5 Å². The third-order valence-electron chi connectivity index (χ3n) is 3.24. The number of aromatic nitrogens is 1. The van der Waals surface area contributed by atoms with Gasteiger partial charge in [0, 0.05) is 18.3 Å². The van der Waals surface area contributed by atoms with Gasteiger partial charge in [0.2, 0.25) is 0 Å². The zero-order chi connectivity index (χ0) is 16.5. The summed E-state index contributed by atoms with van der Waals surface area (Å²) in [6.45, 7) is 2.75. The molecule has 0 saturated heterocycles. The standard InChI is InChI=1S/C18H19ClN2O2/c1-14-10-12-20-17(19)16(14)9-5-6-11-21-18(22)23-13-15-7-3-2-4-8-15/h2-5,7-10,12H,6,11,13H2,1H3,(H,21,22). The van der Waals surface area contributed by atoms with Crippen LogP contribution in [0.5, 0.6) is 0 Å². The molecule has 0 aliphatic rings. The minimum atomic E-state index is -0.419. The Morgan fingerprint density at radius 1 is 1.30 bits per heavy atom. The van der Waals surface area contributed by atoms with Gasteiger partial charge in [-0.2, -0.15) is 0 Å². The van der Waals surface area contributed by atoms with Crippen LogP contribution in [0.3, 0.4) is 0 Å². The molecule has 0 bridgehead atoms. The zero-order valence-electron chi connectivity index (χ0n) is 13.0. The van der Waals surface area contributed by atoms with Crippen molar-refractivity contribution in [3.8, 4) is 0 Å². The van der Waals surface area contributed by atoms with E-state index in [1.165, 1.54) is 0 Å². The monoisotopic (exact) mass is 330 g/mol. The van der Waals surface area contributed by atoms with E-state index in [2.05, 4.69) is 10.3 Å². The van der Waals surface area contributed by atoms with E-state index in [1.807, 2.05) is 55.5 Å². The van der Waals surface area contributed by atoms with Crippen LogP contribution in [0.25, 0.3) is 6.08 Å². The van der Waals surface area contributed by atoms with Gasteiger partial charge in [0.1, 0.15) is 11.8 Å². The largest absolute Gasteiger partial charge is 0.445 e. The summed E-state index contributed by atoms with van der Waals surface area (Å²) in [5, 5.41) is 3.19. The Balaban J connectivity index is 1.69. The first-order chi connectivity index (χ1) is 11.2. The predicted molar refractivity (Wildman–Crippen MR) is 92.3 cm³/mol. The lowest BCUT2D eigenvalue weighted by molar-refractivity contribution is 0.140. The average Bonchev–Trinajstić information content (AvgIpc) is 2.56. The number of nitrogens with zero attached hydrogens (tertiary/aromatic N) is 1. The normalized spacial score (nSPS) is 10.7. The van der Waals surface area contributed by atoms with Crippen LogP contribution < -0.4 is 5.32 Å². The second-order valence-electron chi connectivity index (χ2n) is 5.01. The molecule has 0 spiro atoms. The van der Waals surface area contributed by atoms with Crippen LogP contribution in [-0.2, 0) is 11.3 Å². The molecule has 1 aromatic carbocycles. The predicted octanol–water partition coefficient (Wildman–Crippen LogP) is 4.37. The number of pyridine rings is 1. The third kappa shape index (κ3) is 5.75. The van der Waals surface area contributed by atoms with Crippen molar-refractivity contribution in [2.75, 3.05) is 6.54 Å². The van der Waals surface area contributed by atoms with E-state index >= 15 is 0 Å². The van der Waals surface area contributed by atoms with Gasteiger partial charge >= 0.3 is 6.09 Å². The lowest BCUT2D eigenvalue weighted by Gasteiger charge is -2.06. The van der Waals surface area contributed by atoms with E-state index < -0.39 is 6.09 Å². The zero-order valence-corrected chi connectivity index (χ0v) is 13.7. The van der Waals surface area contributed by atoms with Gasteiger partial charge in [-0.25, -0.2) is 9.78 Å². The number of carbonyl (C=O) groups excluding carboxylic acids is 1. The first-order valence-corrected chi connectivity index (χ1v) is 7.77. The summed E-state index contributed by atoms with van der Waals surface area (Å²) in [5.41, 5.74) is 2.93. The Kier molecular flexibility index (Phi) is 6.63. The van der Waals surface area contributed by atoms with Crippen LogP contribution in [0.4, 0.5) is 4.79 Å². The second kappa shape index (κ2) is 8.96. The van der Waals surface area contributed by atoms with Crippen LogP contribution in [0.2, 0.25) is 5.15 Å². The number of benzene rings is 1. The second-order valence-corrected chi connectivity index (χ2v) is 5.37. The SMILES string of the molecule is Cc1ccnc(Cl)c1C=CCCNC(=O)OCc1ccccc1. The molecule has 0 saturated carbocycles. The Hall–Kier alpha value is -2.33.